The molecule has 0 fully saturated rings. The van der Waals surface area contributed by atoms with Crippen LogP contribution in [-0.4, -0.2) is 182 Å². The number of imidazole rings is 1. The lowest BCUT2D eigenvalue weighted by Gasteiger charge is -2.28. The van der Waals surface area contributed by atoms with E-state index in [0.29, 0.717) is 53.9 Å². The Kier molecular flexibility index (Phi) is 31.0. The first-order valence-electron chi connectivity index (χ1n) is 31.0. The molecule has 9 amide bonds. The Morgan fingerprint density at radius 1 is 0.568 bits per heavy atom. The molecule has 22 N–H and O–H groups in total. The van der Waals surface area contributed by atoms with Crippen LogP contribution in [0.3, 0.4) is 0 Å². The van der Waals surface area contributed by atoms with E-state index in [0.717, 1.165) is 17.8 Å². The Hall–Kier alpha value is -9.98. The summed E-state index contributed by atoms with van der Waals surface area (Å²) in [7, 11) is 0. The minimum atomic E-state index is -1.94. The van der Waals surface area contributed by atoms with Gasteiger partial charge in [-0.2, -0.15) is 0 Å². The summed E-state index contributed by atoms with van der Waals surface area (Å²) in [6.07, 6.45) is 4.23. The maximum atomic E-state index is 14.9. The second-order valence-electron chi connectivity index (χ2n) is 22.6. The monoisotopic (exact) mass is 1340 g/mol. The van der Waals surface area contributed by atoms with Crippen molar-refractivity contribution < 1.29 is 68.1 Å². The number of para-hydroxylation sites is 1. The molecule has 0 bridgehead atoms. The van der Waals surface area contributed by atoms with E-state index in [1.54, 1.807) is 31.3 Å². The topological polar surface area (TPSA) is 518 Å². The molecule has 0 aliphatic heterocycles. The van der Waals surface area contributed by atoms with Crippen LogP contribution in [0.1, 0.15) is 94.0 Å². The molecule has 31 nitrogen and oxygen atoms in total. The Labute approximate surface area is 552 Å². The van der Waals surface area contributed by atoms with E-state index in [2.05, 4.69) is 67.8 Å². The minimum absolute atomic E-state index is 0.0128. The van der Waals surface area contributed by atoms with Crippen LogP contribution in [0, 0.1) is 0 Å². The van der Waals surface area contributed by atoms with Crippen molar-refractivity contribution >= 4 is 93.4 Å². The van der Waals surface area contributed by atoms with Gasteiger partial charge in [0, 0.05) is 73.2 Å². The van der Waals surface area contributed by atoms with Gasteiger partial charge in [-0.1, -0.05) is 73.8 Å². The van der Waals surface area contributed by atoms with Crippen molar-refractivity contribution in [3.63, 3.8) is 0 Å². The molecule has 5 aromatic rings. The number of hydrogen-bond acceptors (Lipinski definition) is 17. The third kappa shape index (κ3) is 25.5. The number of rotatable bonds is 41. The molecule has 2 heterocycles. The molecule has 514 valence electrons. The third-order valence-corrected chi connectivity index (χ3v) is 15.4. The maximum absolute atomic E-state index is 14.9. The second-order valence-corrected chi connectivity index (χ2v) is 23.1. The number of nitrogens with zero attached hydrogens (tertiary/aromatic N) is 2. The Morgan fingerprint density at radius 3 is 1.59 bits per heavy atom. The summed E-state index contributed by atoms with van der Waals surface area (Å²) < 4.78 is 0. The van der Waals surface area contributed by atoms with Gasteiger partial charge in [-0.15, -0.1) is 0 Å². The first kappa shape index (κ1) is 75.7. The number of nitrogens with two attached hydrogens (primary N) is 4. The van der Waals surface area contributed by atoms with Crippen molar-refractivity contribution in [1.29, 1.82) is 0 Å². The van der Waals surface area contributed by atoms with Gasteiger partial charge < -0.3 is 96.1 Å². The summed E-state index contributed by atoms with van der Waals surface area (Å²) in [5.41, 5.74) is 25.3. The van der Waals surface area contributed by atoms with Crippen LogP contribution < -0.4 is 70.8 Å². The molecule has 3 aromatic carbocycles. The fraction of sp³-hybridized carbons (Fsp3) is 0.444. The number of carbonyl (C=O) groups excluding carboxylic acids is 10. The Bertz CT molecular complexity index is 3420. The van der Waals surface area contributed by atoms with Crippen LogP contribution >= 0.6 is 11.6 Å². The lowest BCUT2D eigenvalue weighted by atomic mass is 10.0. The van der Waals surface area contributed by atoms with E-state index in [1.807, 2.05) is 18.2 Å². The first-order valence-corrected chi connectivity index (χ1v) is 31.3. The van der Waals surface area contributed by atoms with E-state index in [1.165, 1.54) is 48.9 Å². The number of phenols is 1. The number of hydrogen-bond donors (Lipinski definition) is 18. The molecular weight excluding hydrogens is 1250 g/mol. The summed E-state index contributed by atoms with van der Waals surface area (Å²) >= 11 is 6.24. The van der Waals surface area contributed by atoms with E-state index < -0.39 is 132 Å². The average Bonchev–Trinajstić information content (AvgIpc) is 1.76. The van der Waals surface area contributed by atoms with E-state index >= 15 is 0 Å². The molecular formula is C63H86ClN17O14. The van der Waals surface area contributed by atoms with Crippen LogP contribution in [0.15, 0.2) is 96.5 Å². The average molecular weight is 1340 g/mol. The van der Waals surface area contributed by atoms with Gasteiger partial charge in [-0.3, -0.25) is 57.7 Å². The van der Waals surface area contributed by atoms with Crippen molar-refractivity contribution in [1.82, 2.24) is 62.8 Å². The number of guanidine groups is 1. The number of aliphatic carboxylic acids is 1. The number of fused-ring (bicyclic) bond motifs is 1. The standard InChI is InChI=1S/C63H86ClN17O14/c1-3-4-11-45(76-62(95)52(33-82)81-57(90)47(73-35(2)83)25-37-17-21-41(84)22-18-37)55(88)80-51(29-54(86)87)61(94)79-50(28-40-32-69-34-72-40)60(93)77-48(26-36-15-19-39(64)20-16-36)58(91)75-46(14-9-24-70-63(67)68)56(89)78-49(27-38-31-71-43-12-6-5-10-42(38)43)59(92)74-44(53(85)30-66)13-7-8-23-65/h5-6,10,12,15-22,31-32,34,44-52,71,82,84H,3-4,7-9,11,13-14,23-30,33,65-66H2,1-2H3,(H,69,72)(H,73,83)(H,74,92)(H,75,91)(H,76,95)(H,77,93)(H,78,89)(H,79,94)(H,80,88)(H,81,90)(H,86,87)(H4,67,68,70)/t44-,45-,46-,47-,48+,49-,50-,51-,52-/m0/s1. The zero-order valence-corrected chi connectivity index (χ0v) is 53.5. The number of benzene rings is 3. The number of aliphatic imine (C=N–C) groups is 1. The van der Waals surface area contributed by atoms with Crippen LogP contribution in [0.25, 0.3) is 10.9 Å². The number of ketones is 1. The molecule has 9 atom stereocenters. The number of Topliss-reactive ketones (excluding diaryl/α,β-unsaturated/α-hetero) is 1. The van der Waals surface area contributed by atoms with E-state index in [9.17, 15) is 68.1 Å². The number of carboxylic acids is 1. The van der Waals surface area contributed by atoms with Crippen LogP contribution in [0.5, 0.6) is 5.75 Å². The molecule has 2 aromatic heterocycles. The van der Waals surface area contributed by atoms with Gasteiger partial charge in [0.1, 0.15) is 54.1 Å². The van der Waals surface area contributed by atoms with Gasteiger partial charge in [0.15, 0.2) is 11.7 Å². The van der Waals surface area contributed by atoms with Crippen molar-refractivity contribution in [3.8, 4) is 5.75 Å². The van der Waals surface area contributed by atoms with Crippen molar-refractivity contribution in [2.45, 2.75) is 152 Å². The summed E-state index contributed by atoms with van der Waals surface area (Å²) in [4.78, 5) is 167. The molecule has 0 aliphatic carbocycles. The number of phenolic OH excluding ortho intramolecular Hbond substituents is 1. The smallest absolute Gasteiger partial charge is 0.305 e. The molecule has 0 saturated heterocycles. The van der Waals surface area contributed by atoms with Gasteiger partial charge in [0.25, 0.3) is 0 Å². The van der Waals surface area contributed by atoms with Crippen molar-refractivity contribution in [2.75, 3.05) is 26.2 Å². The van der Waals surface area contributed by atoms with Crippen LogP contribution in [0.2, 0.25) is 5.02 Å². The molecule has 0 saturated carbocycles. The van der Waals surface area contributed by atoms with Crippen LogP contribution in [-0.2, 0) is 78.4 Å². The van der Waals surface area contributed by atoms with Gasteiger partial charge in [-0.25, -0.2) is 4.98 Å². The number of amides is 9. The summed E-state index contributed by atoms with van der Waals surface area (Å²) in [6, 6.07) is 5.67. The number of aromatic hydroxyl groups is 1. The lowest BCUT2D eigenvalue weighted by Crippen LogP contribution is -2.61. The minimum Gasteiger partial charge on any atom is -0.508 e. The lowest BCUT2D eigenvalue weighted by molar-refractivity contribution is -0.141. The first-order chi connectivity index (χ1) is 45.4. The maximum Gasteiger partial charge on any atom is 0.305 e. The van der Waals surface area contributed by atoms with Crippen molar-refractivity contribution in [3.05, 3.63) is 119 Å². The zero-order chi connectivity index (χ0) is 69.6. The quantitative estimate of drug-likeness (QED) is 0.0117. The molecule has 5 rings (SSSR count). The molecule has 0 aliphatic rings. The highest BCUT2D eigenvalue weighted by atomic mass is 35.5. The predicted octanol–water partition coefficient (Wildman–Crippen LogP) is -1.73. The third-order valence-electron chi connectivity index (χ3n) is 15.1. The number of H-pyrrole nitrogens is 2. The number of carbonyl (C=O) groups is 11. The largest absolute Gasteiger partial charge is 0.508 e. The zero-order valence-electron chi connectivity index (χ0n) is 52.8. The number of carboxylic acid groups (broad SMARTS) is 1. The number of halogens is 1. The highest BCUT2D eigenvalue weighted by Gasteiger charge is 2.37. The van der Waals surface area contributed by atoms with Gasteiger partial charge >= 0.3 is 5.97 Å². The molecule has 32 heteroatoms. The highest BCUT2D eigenvalue weighted by molar-refractivity contribution is 6.30. The molecule has 95 heavy (non-hydrogen) atoms. The molecule has 0 unspecified atom stereocenters. The van der Waals surface area contributed by atoms with E-state index in [-0.39, 0.29) is 81.9 Å². The Morgan fingerprint density at radius 2 is 1.05 bits per heavy atom. The van der Waals surface area contributed by atoms with Crippen LogP contribution in [0.4, 0.5) is 0 Å². The fourth-order valence-corrected chi connectivity index (χ4v) is 10.2. The fourth-order valence-electron chi connectivity index (χ4n) is 10.1. The number of aromatic nitrogens is 3. The normalized spacial score (nSPS) is 13.9. The Balaban J connectivity index is 1.43. The number of unbranched alkanes of at least 4 members (excludes halogenated alkanes) is 2. The SMILES string of the molecule is CCCC[C@H](NC(=O)[C@H](CO)NC(=O)[C@H](Cc1ccc(O)cc1)NC(C)=O)C(=O)N[C@@H](CC(=O)O)C(=O)N[C@@H](Cc1cnc[nH]1)C(=O)N[C@H](Cc1ccc(Cl)cc1)C(=O)N[C@@H](CCCN=C(N)N)C(=O)N[C@@H](Cc1c[nH]c2ccccc12)C(=O)N[C@@H](CCCCN)C(=O)CN. The second kappa shape index (κ2) is 38.9. The summed E-state index contributed by atoms with van der Waals surface area (Å²) in [6.45, 7) is 1.89. The number of aliphatic hydroxyl groups is 1. The molecule has 0 radical (unpaired) electrons. The van der Waals surface area contributed by atoms with Gasteiger partial charge in [0.2, 0.25) is 53.2 Å². The summed E-state index contributed by atoms with van der Waals surface area (Å²) in [5.74, 6) is -10.8. The van der Waals surface area contributed by atoms with Gasteiger partial charge in [0.05, 0.1) is 31.9 Å². The molecule has 0 spiro atoms. The predicted molar refractivity (Wildman–Crippen MR) is 350 cm³/mol. The number of aliphatic hydroxyl groups excluding tert-OH is 1. The van der Waals surface area contributed by atoms with Gasteiger partial charge in [-0.05, 0) is 92.1 Å². The summed E-state index contributed by atoms with van der Waals surface area (Å²) in [5, 5.41) is 54.3. The number of nitrogens with one attached hydrogen (secondary N) is 11. The highest BCUT2D eigenvalue weighted by Crippen LogP contribution is 2.21. The number of aromatic amines is 2. The van der Waals surface area contributed by atoms with Crippen molar-refractivity contribution in [2.24, 2.45) is 27.9 Å². The van der Waals surface area contributed by atoms with E-state index in [4.69, 9.17) is 34.5 Å².